The molecule has 0 aliphatic rings. The smallest absolute Gasteiger partial charge is 0.335 e. The Morgan fingerprint density at radius 1 is 0.625 bits per heavy atom. The van der Waals surface area contributed by atoms with E-state index >= 15 is 0 Å². The van der Waals surface area contributed by atoms with E-state index in [0.717, 1.165) is 18.2 Å². The molecule has 24 heavy (non-hydrogen) atoms. The molecular formula is C15H12O9. The zero-order valence-electron chi connectivity index (χ0n) is 11.9. The van der Waals surface area contributed by atoms with Gasteiger partial charge in [-0.2, -0.15) is 0 Å². The topological polar surface area (TPSA) is 173 Å². The van der Waals surface area contributed by atoms with Crippen LogP contribution in [0.15, 0.2) is 36.4 Å². The molecular weight excluding hydrogens is 324 g/mol. The lowest BCUT2D eigenvalue weighted by atomic mass is 10.1. The number of hydrogen-bond donors (Lipinski definition) is 6. The fraction of sp³-hybridized carbons (Fsp3) is 0. The molecule has 0 atom stereocenters. The van der Waals surface area contributed by atoms with Crippen molar-refractivity contribution in [1.29, 1.82) is 0 Å². The first-order valence-electron chi connectivity index (χ1n) is 6.18. The lowest BCUT2D eigenvalue weighted by molar-refractivity contribution is 0.0696. The van der Waals surface area contributed by atoms with Crippen molar-refractivity contribution in [2.24, 2.45) is 0 Å². The number of rotatable bonds is 3. The van der Waals surface area contributed by atoms with Gasteiger partial charge in [-0.15, -0.1) is 0 Å². The summed E-state index contributed by atoms with van der Waals surface area (Å²) in [5.41, 5.74) is -1.10. The van der Waals surface area contributed by atoms with Gasteiger partial charge in [0, 0.05) is 0 Å². The molecule has 0 bridgehead atoms. The summed E-state index contributed by atoms with van der Waals surface area (Å²) in [4.78, 5) is 31.7. The molecule has 0 spiro atoms. The quantitative estimate of drug-likeness (QED) is 0.455. The van der Waals surface area contributed by atoms with E-state index in [9.17, 15) is 14.4 Å². The Balaban J connectivity index is 0.000000272. The van der Waals surface area contributed by atoms with E-state index in [4.69, 9.17) is 30.6 Å². The molecule has 0 saturated heterocycles. The summed E-state index contributed by atoms with van der Waals surface area (Å²) in [5.74, 6) is -5.22. The van der Waals surface area contributed by atoms with Crippen molar-refractivity contribution >= 4 is 17.9 Å². The highest BCUT2D eigenvalue weighted by Crippen LogP contribution is 2.32. The number of phenols is 3. The Hall–Kier alpha value is -3.75. The first-order valence-corrected chi connectivity index (χ1v) is 6.18. The highest BCUT2D eigenvalue weighted by atomic mass is 16.4. The number of carboxylic acid groups (broad SMARTS) is 3. The Morgan fingerprint density at radius 3 is 1.12 bits per heavy atom. The summed E-state index contributed by atoms with van der Waals surface area (Å²) < 4.78 is 0. The number of carboxylic acids is 3. The van der Waals surface area contributed by atoms with Crippen molar-refractivity contribution in [2.75, 3.05) is 0 Å². The minimum Gasteiger partial charge on any atom is -0.504 e. The number of carbonyl (C=O) groups is 3. The molecule has 0 aliphatic carbocycles. The Morgan fingerprint density at radius 2 is 0.917 bits per heavy atom. The Kier molecular flexibility index (Phi) is 5.71. The monoisotopic (exact) mass is 336 g/mol. The molecule has 0 aliphatic heterocycles. The van der Waals surface area contributed by atoms with Gasteiger partial charge in [0.2, 0.25) is 0 Å². The van der Waals surface area contributed by atoms with Crippen LogP contribution in [0.3, 0.4) is 0 Å². The summed E-state index contributed by atoms with van der Waals surface area (Å²) in [6.07, 6.45) is 0. The summed E-state index contributed by atoms with van der Waals surface area (Å²) in [5, 5.41) is 51.9. The molecule has 0 fully saturated rings. The zero-order chi connectivity index (χ0) is 18.4. The van der Waals surface area contributed by atoms with E-state index in [1.807, 2.05) is 0 Å². The molecule has 2 aromatic rings. The average Bonchev–Trinajstić information content (AvgIpc) is 2.52. The van der Waals surface area contributed by atoms with Crippen LogP contribution >= 0.6 is 0 Å². The minimum absolute atomic E-state index is 0.310. The maximum Gasteiger partial charge on any atom is 0.335 e. The second-order valence-corrected chi connectivity index (χ2v) is 4.36. The van der Waals surface area contributed by atoms with Crippen LogP contribution in [-0.4, -0.2) is 48.5 Å². The molecule has 126 valence electrons. The number of aromatic carboxylic acids is 3. The van der Waals surface area contributed by atoms with E-state index in [2.05, 4.69) is 0 Å². The first-order chi connectivity index (χ1) is 11.1. The third-order valence-corrected chi connectivity index (χ3v) is 2.67. The molecule has 0 aromatic heterocycles. The lowest BCUT2D eigenvalue weighted by Crippen LogP contribution is -2.07. The summed E-state index contributed by atoms with van der Waals surface area (Å²) in [6.45, 7) is 0. The summed E-state index contributed by atoms with van der Waals surface area (Å²) >= 11 is 0. The maximum absolute atomic E-state index is 10.6. The van der Waals surface area contributed by atoms with Crippen LogP contribution in [0.25, 0.3) is 0 Å². The summed E-state index contributed by atoms with van der Waals surface area (Å²) in [7, 11) is 0. The highest BCUT2D eigenvalue weighted by Gasteiger charge is 2.14. The number of benzene rings is 2. The molecule has 9 nitrogen and oxygen atoms in total. The maximum atomic E-state index is 10.6. The fourth-order valence-corrected chi connectivity index (χ4v) is 1.52. The molecule has 9 heteroatoms. The van der Waals surface area contributed by atoms with Crippen molar-refractivity contribution in [3.63, 3.8) is 0 Å². The minimum atomic E-state index is -1.37. The normalized spacial score (nSPS) is 9.50. The van der Waals surface area contributed by atoms with E-state index in [-0.39, 0.29) is 28.2 Å². The van der Waals surface area contributed by atoms with Crippen LogP contribution in [0.4, 0.5) is 0 Å². The summed E-state index contributed by atoms with van der Waals surface area (Å²) in [6, 6.07) is 6.71. The second-order valence-electron chi connectivity index (χ2n) is 4.36. The van der Waals surface area contributed by atoms with E-state index < -0.39 is 23.7 Å². The molecule has 2 rings (SSSR count). The average molecular weight is 336 g/mol. The van der Waals surface area contributed by atoms with Gasteiger partial charge >= 0.3 is 17.9 Å². The van der Waals surface area contributed by atoms with E-state index in [0.29, 0.717) is 0 Å². The molecule has 2 aromatic carbocycles. The van der Waals surface area contributed by atoms with Crippen molar-refractivity contribution in [3.8, 4) is 17.2 Å². The van der Waals surface area contributed by atoms with Crippen LogP contribution in [0.1, 0.15) is 31.1 Å². The predicted molar refractivity (Wildman–Crippen MR) is 78.8 cm³/mol. The first kappa shape index (κ1) is 18.3. The van der Waals surface area contributed by atoms with Crippen LogP contribution in [0, 0.1) is 0 Å². The Bertz CT molecular complexity index is 696. The second kappa shape index (κ2) is 7.49. The lowest BCUT2D eigenvalue weighted by Gasteiger charge is -2.00. The molecule has 0 heterocycles. The van der Waals surface area contributed by atoms with Crippen LogP contribution < -0.4 is 0 Å². The Labute approximate surface area is 134 Å². The number of hydrogen-bond acceptors (Lipinski definition) is 6. The number of aromatic hydroxyl groups is 3. The standard InChI is InChI=1S/C9H6O6.C6H6O3/c10-7(11)4-1-5(8(12)13)3-6(2-4)9(14)15;7-4-2-1-3-5(8)6(4)9/h1-3H,(H,10,11)(H,12,13)(H,14,15);1-3,7-9H. The molecule has 0 radical (unpaired) electrons. The van der Waals surface area contributed by atoms with Gasteiger partial charge in [-0.05, 0) is 30.3 Å². The van der Waals surface area contributed by atoms with Gasteiger partial charge in [-0.1, -0.05) is 6.07 Å². The van der Waals surface area contributed by atoms with Crippen LogP contribution in [0.5, 0.6) is 17.2 Å². The predicted octanol–water partition coefficient (Wildman–Crippen LogP) is 1.58. The molecule has 0 saturated carbocycles. The van der Waals surface area contributed by atoms with Gasteiger partial charge in [0.05, 0.1) is 16.7 Å². The van der Waals surface area contributed by atoms with E-state index in [1.165, 1.54) is 18.2 Å². The molecule has 0 amide bonds. The van der Waals surface area contributed by atoms with Gasteiger partial charge < -0.3 is 30.6 Å². The van der Waals surface area contributed by atoms with Crippen molar-refractivity contribution < 1.29 is 45.0 Å². The van der Waals surface area contributed by atoms with Crippen LogP contribution in [-0.2, 0) is 0 Å². The van der Waals surface area contributed by atoms with Crippen LogP contribution in [0.2, 0.25) is 0 Å². The number of para-hydroxylation sites is 1. The fourth-order valence-electron chi connectivity index (χ4n) is 1.52. The third kappa shape index (κ3) is 4.63. The molecule has 0 unspecified atom stereocenters. The van der Waals surface area contributed by atoms with Crippen molar-refractivity contribution in [1.82, 2.24) is 0 Å². The number of phenolic OH excluding ortho intramolecular Hbond substituents is 3. The highest BCUT2D eigenvalue weighted by molar-refractivity contribution is 5.98. The van der Waals surface area contributed by atoms with Gasteiger partial charge in [0.25, 0.3) is 0 Å². The largest absolute Gasteiger partial charge is 0.504 e. The SMILES string of the molecule is O=C(O)c1cc(C(=O)O)cc(C(=O)O)c1.Oc1cccc(O)c1O. The van der Waals surface area contributed by atoms with Gasteiger partial charge in [-0.25, -0.2) is 14.4 Å². The van der Waals surface area contributed by atoms with Gasteiger partial charge in [-0.3, -0.25) is 0 Å². The van der Waals surface area contributed by atoms with Crippen molar-refractivity contribution in [2.45, 2.75) is 0 Å². The third-order valence-electron chi connectivity index (χ3n) is 2.67. The van der Waals surface area contributed by atoms with E-state index in [1.54, 1.807) is 0 Å². The van der Waals surface area contributed by atoms with Gasteiger partial charge in [0.15, 0.2) is 17.2 Å². The zero-order valence-corrected chi connectivity index (χ0v) is 11.9. The van der Waals surface area contributed by atoms with Crippen molar-refractivity contribution in [3.05, 3.63) is 53.1 Å². The van der Waals surface area contributed by atoms with Gasteiger partial charge in [0.1, 0.15) is 0 Å². The molecule has 6 N–H and O–H groups in total.